The van der Waals surface area contributed by atoms with Crippen LogP contribution in [0.3, 0.4) is 0 Å². The van der Waals surface area contributed by atoms with Crippen LogP contribution in [0.25, 0.3) is 0 Å². The van der Waals surface area contributed by atoms with Gasteiger partial charge in [0.2, 0.25) is 0 Å². The summed E-state index contributed by atoms with van der Waals surface area (Å²) in [6.45, 7) is 0. The minimum atomic E-state index is -0.440. The fourth-order valence-electron chi connectivity index (χ4n) is 2.17. The van der Waals surface area contributed by atoms with Gasteiger partial charge in [0.1, 0.15) is 6.33 Å². The van der Waals surface area contributed by atoms with Gasteiger partial charge in [-0.05, 0) is 12.8 Å². The number of rotatable bonds is 0. The van der Waals surface area contributed by atoms with E-state index in [0.29, 0.717) is 18.0 Å². The second kappa shape index (κ2) is 3.59. The molecule has 0 spiro atoms. The number of Topliss-reactive ketones (excluding diaryl/α,β-unsaturated/α-hetero) is 1. The Morgan fingerprint density at radius 2 is 2.38 bits per heavy atom. The van der Waals surface area contributed by atoms with Crippen molar-refractivity contribution in [1.82, 2.24) is 9.97 Å². The lowest BCUT2D eigenvalue weighted by Crippen LogP contribution is -2.49. The Balaban J connectivity index is 1.99. The molecule has 16 heavy (non-hydrogen) atoms. The first-order valence-electron chi connectivity index (χ1n) is 5.22. The fourth-order valence-corrected chi connectivity index (χ4v) is 2.35. The van der Waals surface area contributed by atoms with Crippen LogP contribution in [0.5, 0.6) is 5.75 Å². The van der Waals surface area contributed by atoms with Crippen LogP contribution < -0.4 is 10.1 Å². The number of hydrogen-bond acceptors (Lipinski definition) is 5. The topological polar surface area (TPSA) is 64.1 Å². The average Bonchev–Trinajstić information content (AvgIpc) is 2.28. The number of nitrogens with one attached hydrogen (secondary N) is 1. The van der Waals surface area contributed by atoms with Crippen molar-refractivity contribution in [3.05, 3.63) is 11.5 Å². The third-order valence-electron chi connectivity index (χ3n) is 2.95. The number of ether oxygens (including phenoxy) is 1. The van der Waals surface area contributed by atoms with Crippen molar-refractivity contribution in [1.29, 1.82) is 0 Å². The molecule has 6 heteroatoms. The van der Waals surface area contributed by atoms with Gasteiger partial charge in [-0.15, -0.1) is 0 Å². The van der Waals surface area contributed by atoms with E-state index in [1.54, 1.807) is 0 Å². The minimum Gasteiger partial charge on any atom is -0.473 e. The van der Waals surface area contributed by atoms with Gasteiger partial charge < -0.3 is 10.1 Å². The largest absolute Gasteiger partial charge is 0.473 e. The van der Waals surface area contributed by atoms with Crippen molar-refractivity contribution < 1.29 is 9.53 Å². The lowest BCUT2D eigenvalue weighted by Gasteiger charge is -2.36. The van der Waals surface area contributed by atoms with E-state index in [1.807, 2.05) is 0 Å². The Labute approximate surface area is 97.2 Å². The lowest BCUT2D eigenvalue weighted by molar-refractivity contribution is -0.128. The van der Waals surface area contributed by atoms with Crippen LogP contribution in [-0.4, -0.2) is 27.9 Å². The van der Waals surface area contributed by atoms with E-state index in [1.165, 1.54) is 6.33 Å². The quantitative estimate of drug-likeness (QED) is 0.694. The molecule has 84 valence electrons. The predicted octanol–water partition coefficient (Wildman–Crippen LogP) is 1.42. The Morgan fingerprint density at radius 1 is 1.50 bits per heavy atom. The van der Waals surface area contributed by atoms with E-state index in [-0.39, 0.29) is 17.0 Å². The number of fused-ring (bicyclic) bond motifs is 2. The molecule has 2 aliphatic rings. The molecule has 3 rings (SSSR count). The van der Waals surface area contributed by atoms with Crippen LogP contribution in [0.1, 0.15) is 19.3 Å². The van der Waals surface area contributed by atoms with Gasteiger partial charge in [0.25, 0.3) is 0 Å². The van der Waals surface area contributed by atoms with Crippen molar-refractivity contribution in [2.75, 3.05) is 5.32 Å². The predicted molar refractivity (Wildman–Crippen MR) is 57.7 cm³/mol. The fraction of sp³-hybridized carbons (Fsp3) is 0.500. The summed E-state index contributed by atoms with van der Waals surface area (Å²) in [6.07, 6.45) is 3.32. The number of nitrogens with zero attached hydrogens (tertiary/aromatic N) is 2. The Hall–Kier alpha value is -1.36. The molecule has 5 nitrogen and oxygen atoms in total. The van der Waals surface area contributed by atoms with Gasteiger partial charge in [0.15, 0.2) is 28.6 Å². The highest BCUT2D eigenvalue weighted by Gasteiger charge is 2.38. The molecule has 1 aromatic heterocycles. The molecule has 2 atom stereocenters. The summed E-state index contributed by atoms with van der Waals surface area (Å²) in [4.78, 5) is 19.6. The van der Waals surface area contributed by atoms with E-state index < -0.39 is 6.10 Å². The summed E-state index contributed by atoms with van der Waals surface area (Å²) in [5, 5.41) is 3.43. The third kappa shape index (κ3) is 1.43. The summed E-state index contributed by atoms with van der Waals surface area (Å²) >= 11 is 5.89. The molecule has 1 fully saturated rings. The standard InChI is InChI=1S/C10H10ClN3O2/c11-9-8-10(13-4-12-9)14-5-2-1-3-6(15)7(5)16-8/h4-5,7H,1-3H2,(H,12,13,14)/t5-,7+/m0/s1. The molecule has 2 heterocycles. The second-order valence-corrected chi connectivity index (χ2v) is 4.35. The van der Waals surface area contributed by atoms with Crippen molar-refractivity contribution >= 4 is 23.2 Å². The van der Waals surface area contributed by atoms with Crippen molar-refractivity contribution in [3.8, 4) is 5.75 Å². The highest BCUT2D eigenvalue weighted by atomic mass is 35.5. The monoisotopic (exact) mass is 239 g/mol. The number of halogens is 1. The zero-order valence-corrected chi connectivity index (χ0v) is 9.20. The molecule has 1 aromatic rings. The molecular weight excluding hydrogens is 230 g/mol. The Bertz CT molecular complexity index is 452. The number of carbonyl (C=O) groups is 1. The van der Waals surface area contributed by atoms with Crippen LogP contribution in [0, 0.1) is 0 Å². The van der Waals surface area contributed by atoms with Crippen molar-refractivity contribution in [3.63, 3.8) is 0 Å². The average molecular weight is 240 g/mol. The van der Waals surface area contributed by atoms with Gasteiger partial charge in [0.05, 0.1) is 6.04 Å². The SMILES string of the molecule is O=C1CCC[C@@H]2Nc3ncnc(Cl)c3O[C@@H]12. The Kier molecular flexibility index (Phi) is 2.21. The molecule has 1 N–H and O–H groups in total. The normalized spacial score (nSPS) is 27.4. The minimum absolute atomic E-state index is 0.0136. The van der Waals surface area contributed by atoms with E-state index in [2.05, 4.69) is 15.3 Å². The van der Waals surface area contributed by atoms with Gasteiger partial charge in [-0.3, -0.25) is 4.79 Å². The van der Waals surface area contributed by atoms with E-state index in [0.717, 1.165) is 12.8 Å². The molecule has 0 unspecified atom stereocenters. The highest BCUT2D eigenvalue weighted by molar-refractivity contribution is 6.31. The number of hydrogen-bond donors (Lipinski definition) is 1. The van der Waals surface area contributed by atoms with E-state index in [4.69, 9.17) is 16.3 Å². The molecule has 0 saturated heterocycles. The van der Waals surface area contributed by atoms with E-state index in [9.17, 15) is 4.79 Å². The molecule has 0 aromatic carbocycles. The summed E-state index contributed by atoms with van der Waals surface area (Å²) in [7, 11) is 0. The van der Waals surface area contributed by atoms with Crippen LogP contribution in [0.4, 0.5) is 5.82 Å². The maximum Gasteiger partial charge on any atom is 0.200 e. The summed E-state index contributed by atoms with van der Waals surface area (Å²) in [5.41, 5.74) is 0. The molecule has 0 amide bonds. The highest BCUT2D eigenvalue weighted by Crippen LogP contribution is 2.37. The maximum absolute atomic E-state index is 11.7. The summed E-state index contributed by atoms with van der Waals surface area (Å²) < 4.78 is 5.61. The summed E-state index contributed by atoms with van der Waals surface area (Å²) in [5.74, 6) is 1.09. The molecule has 1 aliphatic carbocycles. The van der Waals surface area contributed by atoms with Gasteiger partial charge in [-0.2, -0.15) is 0 Å². The maximum atomic E-state index is 11.7. The van der Waals surface area contributed by atoms with Crippen LogP contribution in [0.15, 0.2) is 6.33 Å². The molecule has 1 saturated carbocycles. The van der Waals surface area contributed by atoms with Gasteiger partial charge in [0, 0.05) is 6.42 Å². The number of ketones is 1. The number of anilines is 1. The van der Waals surface area contributed by atoms with Gasteiger partial charge >= 0.3 is 0 Å². The van der Waals surface area contributed by atoms with Crippen LogP contribution in [0.2, 0.25) is 5.15 Å². The van der Waals surface area contributed by atoms with Crippen molar-refractivity contribution in [2.45, 2.75) is 31.4 Å². The first kappa shape index (κ1) is 9.84. The molecular formula is C10H10ClN3O2. The first-order chi connectivity index (χ1) is 7.75. The smallest absolute Gasteiger partial charge is 0.200 e. The Morgan fingerprint density at radius 3 is 3.25 bits per heavy atom. The molecule has 1 aliphatic heterocycles. The number of carbonyl (C=O) groups excluding carboxylic acids is 1. The number of aromatic nitrogens is 2. The zero-order chi connectivity index (χ0) is 11.1. The van der Waals surface area contributed by atoms with E-state index >= 15 is 0 Å². The zero-order valence-electron chi connectivity index (χ0n) is 8.44. The third-order valence-corrected chi connectivity index (χ3v) is 3.22. The van der Waals surface area contributed by atoms with Crippen molar-refractivity contribution in [2.24, 2.45) is 0 Å². The molecule has 0 bridgehead atoms. The van der Waals surface area contributed by atoms with Gasteiger partial charge in [-0.25, -0.2) is 9.97 Å². The second-order valence-electron chi connectivity index (χ2n) is 3.99. The lowest BCUT2D eigenvalue weighted by atomic mass is 9.90. The van der Waals surface area contributed by atoms with Gasteiger partial charge in [-0.1, -0.05) is 11.6 Å². The first-order valence-corrected chi connectivity index (χ1v) is 5.60. The molecule has 0 radical (unpaired) electrons. The summed E-state index contributed by atoms with van der Waals surface area (Å²) in [6, 6.07) is 0.0136. The van der Waals surface area contributed by atoms with Crippen LogP contribution >= 0.6 is 11.6 Å². The van der Waals surface area contributed by atoms with Crippen LogP contribution in [-0.2, 0) is 4.79 Å².